The van der Waals surface area contributed by atoms with Crippen molar-refractivity contribution >= 4 is 43.6 Å². The van der Waals surface area contributed by atoms with Gasteiger partial charge in [0.25, 0.3) is 0 Å². The van der Waals surface area contributed by atoms with Crippen molar-refractivity contribution < 1.29 is 0 Å². The van der Waals surface area contributed by atoms with E-state index in [-0.39, 0.29) is 0 Å². The molecule has 0 N–H and O–H groups in total. The molecule has 0 fully saturated rings. The number of rotatable bonds is 7. The summed E-state index contributed by atoms with van der Waals surface area (Å²) in [5.74, 6) is 1.80. The zero-order valence-corrected chi connectivity index (χ0v) is 33.6. The summed E-state index contributed by atoms with van der Waals surface area (Å²) in [6, 6.07) is 79.4. The molecule has 0 spiro atoms. The third kappa shape index (κ3) is 5.98. The van der Waals surface area contributed by atoms with E-state index in [4.69, 9.17) is 15.0 Å². The molecule has 62 heavy (non-hydrogen) atoms. The minimum Gasteiger partial charge on any atom is -0.307 e. The van der Waals surface area contributed by atoms with E-state index in [1.165, 1.54) is 27.6 Å². The Bertz CT molecular complexity index is 3500. The van der Waals surface area contributed by atoms with E-state index >= 15 is 0 Å². The van der Waals surface area contributed by atoms with Crippen molar-refractivity contribution in [3.63, 3.8) is 0 Å². The van der Waals surface area contributed by atoms with Crippen LogP contribution in [0.25, 0.3) is 111 Å². The SMILES string of the molecule is c1ccc(-c2cc(-c3ccccc3)cc(-c3cccc(-n4c5ccccc5c5ccc6c7ccccc7n(-c7nc(-c8ccccc8)nc(-c8ccccc8)n7)c6c54)c3)c2)cc1. The lowest BCUT2D eigenvalue weighted by molar-refractivity contribution is 0.953. The summed E-state index contributed by atoms with van der Waals surface area (Å²) in [6.45, 7) is 0. The highest BCUT2D eigenvalue weighted by molar-refractivity contribution is 6.23. The van der Waals surface area contributed by atoms with Crippen molar-refractivity contribution in [2.24, 2.45) is 0 Å². The normalized spacial score (nSPS) is 11.5. The fourth-order valence-electron chi connectivity index (χ4n) is 9.09. The maximum Gasteiger partial charge on any atom is 0.238 e. The van der Waals surface area contributed by atoms with Crippen LogP contribution >= 0.6 is 0 Å². The molecular formula is C57H37N5. The molecule has 0 atom stereocenters. The summed E-state index contributed by atoms with van der Waals surface area (Å²) in [5.41, 5.74) is 14.2. The zero-order valence-electron chi connectivity index (χ0n) is 33.6. The molecule has 0 saturated carbocycles. The Kier molecular flexibility index (Phi) is 8.42. The topological polar surface area (TPSA) is 48.5 Å². The minimum absolute atomic E-state index is 0.563. The van der Waals surface area contributed by atoms with E-state index in [2.05, 4.69) is 197 Å². The molecule has 0 amide bonds. The van der Waals surface area contributed by atoms with Gasteiger partial charge in [0, 0.05) is 38.4 Å². The van der Waals surface area contributed by atoms with E-state index in [1.54, 1.807) is 0 Å². The van der Waals surface area contributed by atoms with E-state index in [0.717, 1.165) is 66.2 Å². The third-order valence-electron chi connectivity index (χ3n) is 11.9. The van der Waals surface area contributed by atoms with Crippen LogP contribution in [0, 0.1) is 0 Å². The largest absolute Gasteiger partial charge is 0.307 e. The first-order valence-corrected chi connectivity index (χ1v) is 20.9. The van der Waals surface area contributed by atoms with Gasteiger partial charge in [-0.25, -0.2) is 4.98 Å². The Morgan fingerprint density at radius 1 is 0.258 bits per heavy atom. The molecule has 0 bridgehead atoms. The summed E-state index contributed by atoms with van der Waals surface area (Å²) >= 11 is 0. The Morgan fingerprint density at radius 2 is 0.661 bits per heavy atom. The van der Waals surface area contributed by atoms with Crippen molar-refractivity contribution in [2.45, 2.75) is 0 Å². The van der Waals surface area contributed by atoms with Crippen molar-refractivity contribution in [2.75, 3.05) is 0 Å². The predicted molar refractivity (Wildman–Crippen MR) is 256 cm³/mol. The Hall–Kier alpha value is -8.41. The van der Waals surface area contributed by atoms with Gasteiger partial charge in [-0.1, -0.05) is 182 Å². The fourth-order valence-corrected chi connectivity index (χ4v) is 9.09. The number of aromatic nitrogens is 5. The van der Waals surface area contributed by atoms with Crippen molar-refractivity contribution in [1.29, 1.82) is 0 Å². The smallest absolute Gasteiger partial charge is 0.238 e. The van der Waals surface area contributed by atoms with Crippen LogP contribution in [0.2, 0.25) is 0 Å². The third-order valence-corrected chi connectivity index (χ3v) is 11.9. The predicted octanol–water partition coefficient (Wildman–Crippen LogP) is 14.4. The van der Waals surface area contributed by atoms with Crippen LogP contribution in [-0.2, 0) is 0 Å². The molecule has 0 aliphatic carbocycles. The molecule has 3 aromatic heterocycles. The second-order valence-corrected chi connectivity index (χ2v) is 15.7. The summed E-state index contributed by atoms with van der Waals surface area (Å²) in [4.78, 5) is 15.6. The van der Waals surface area contributed by atoms with Gasteiger partial charge in [0.2, 0.25) is 5.95 Å². The fraction of sp³-hybridized carbons (Fsp3) is 0. The van der Waals surface area contributed by atoms with Gasteiger partial charge in [0.05, 0.1) is 22.1 Å². The molecule has 12 aromatic rings. The number of nitrogens with zero attached hydrogens (tertiary/aromatic N) is 5. The van der Waals surface area contributed by atoms with Crippen LogP contribution in [0.3, 0.4) is 0 Å². The van der Waals surface area contributed by atoms with Crippen LogP contribution in [0.4, 0.5) is 0 Å². The first-order chi connectivity index (χ1) is 30.7. The van der Waals surface area contributed by atoms with Crippen LogP contribution in [0.15, 0.2) is 224 Å². The lowest BCUT2D eigenvalue weighted by Crippen LogP contribution is -2.07. The number of benzene rings is 9. The average molecular weight is 792 g/mol. The highest BCUT2D eigenvalue weighted by Gasteiger charge is 2.23. The van der Waals surface area contributed by atoms with Crippen LogP contribution in [0.5, 0.6) is 0 Å². The maximum absolute atomic E-state index is 5.29. The summed E-state index contributed by atoms with van der Waals surface area (Å²) in [6.07, 6.45) is 0. The Labute approximate surface area is 358 Å². The summed E-state index contributed by atoms with van der Waals surface area (Å²) in [7, 11) is 0. The number of hydrogen-bond acceptors (Lipinski definition) is 3. The lowest BCUT2D eigenvalue weighted by atomic mass is 9.93. The molecule has 5 nitrogen and oxygen atoms in total. The quantitative estimate of drug-likeness (QED) is 0.162. The van der Waals surface area contributed by atoms with Crippen molar-refractivity contribution in [1.82, 2.24) is 24.1 Å². The van der Waals surface area contributed by atoms with Gasteiger partial charge in [-0.2, -0.15) is 9.97 Å². The summed E-state index contributed by atoms with van der Waals surface area (Å²) < 4.78 is 4.69. The van der Waals surface area contributed by atoms with Gasteiger partial charge in [-0.05, 0) is 75.8 Å². The molecule has 0 unspecified atom stereocenters. The van der Waals surface area contributed by atoms with Gasteiger partial charge in [-0.15, -0.1) is 0 Å². The highest BCUT2D eigenvalue weighted by atomic mass is 15.2. The summed E-state index contributed by atoms with van der Waals surface area (Å²) in [5, 5.41) is 4.58. The van der Waals surface area contributed by atoms with Crippen LogP contribution < -0.4 is 0 Å². The van der Waals surface area contributed by atoms with Crippen molar-refractivity contribution in [3.8, 4) is 67.8 Å². The van der Waals surface area contributed by atoms with Crippen LogP contribution in [0.1, 0.15) is 0 Å². The Morgan fingerprint density at radius 3 is 1.18 bits per heavy atom. The molecule has 5 heteroatoms. The molecule has 9 aromatic carbocycles. The maximum atomic E-state index is 5.29. The number of hydrogen-bond donors (Lipinski definition) is 0. The first kappa shape index (κ1) is 35.5. The van der Waals surface area contributed by atoms with E-state index in [0.29, 0.717) is 17.6 Å². The lowest BCUT2D eigenvalue weighted by Gasteiger charge is -2.15. The second kappa shape index (κ2) is 14.7. The molecule has 290 valence electrons. The molecular weight excluding hydrogens is 755 g/mol. The average Bonchev–Trinajstić information content (AvgIpc) is 3.88. The zero-order chi connectivity index (χ0) is 41.0. The van der Waals surface area contributed by atoms with Crippen LogP contribution in [-0.4, -0.2) is 24.1 Å². The highest BCUT2D eigenvalue weighted by Crippen LogP contribution is 2.42. The minimum atomic E-state index is 0.563. The molecule has 0 saturated heterocycles. The second-order valence-electron chi connectivity index (χ2n) is 15.7. The van der Waals surface area contributed by atoms with E-state index < -0.39 is 0 Å². The van der Waals surface area contributed by atoms with Gasteiger partial charge < -0.3 is 4.57 Å². The molecule has 0 aliphatic rings. The van der Waals surface area contributed by atoms with Crippen molar-refractivity contribution in [3.05, 3.63) is 224 Å². The molecule has 0 aliphatic heterocycles. The molecule has 3 heterocycles. The Balaban J connectivity index is 1.14. The van der Waals surface area contributed by atoms with Gasteiger partial charge in [0.15, 0.2) is 11.6 Å². The molecule has 12 rings (SSSR count). The number of para-hydroxylation sites is 2. The molecule has 0 radical (unpaired) electrons. The van der Waals surface area contributed by atoms with Gasteiger partial charge in [0.1, 0.15) is 0 Å². The van der Waals surface area contributed by atoms with Gasteiger partial charge in [-0.3, -0.25) is 4.57 Å². The van der Waals surface area contributed by atoms with Gasteiger partial charge >= 0.3 is 0 Å². The van der Waals surface area contributed by atoms with E-state index in [9.17, 15) is 0 Å². The monoisotopic (exact) mass is 791 g/mol. The van der Waals surface area contributed by atoms with E-state index in [1.807, 2.05) is 36.4 Å². The number of fused-ring (bicyclic) bond motifs is 7. The first-order valence-electron chi connectivity index (χ1n) is 20.9. The standard InChI is InChI=1S/C57H37N5/c1-5-18-38(19-6-1)43-34-44(39-20-7-2-8-21-39)36-45(35-43)42-26-17-27-46(37-42)61-51-30-15-13-28-47(51)49-32-33-50-48-29-14-16-31-52(48)62(54(50)53(49)61)57-59-55(40-22-9-3-10-23-40)58-56(60-57)41-24-11-4-12-25-41/h1-37H.